The Labute approximate surface area is 194 Å². The predicted molar refractivity (Wildman–Crippen MR) is 116 cm³/mol. The number of carbonyl (C=O) groups excluding carboxylic acids is 1. The largest absolute Gasteiger partial charge is 0.573 e. The van der Waals surface area contributed by atoms with Crippen LogP contribution in [0.4, 0.5) is 25.1 Å². The molecule has 11 nitrogen and oxygen atoms in total. The lowest BCUT2D eigenvalue weighted by atomic mass is 10.0. The van der Waals surface area contributed by atoms with E-state index in [1.165, 1.54) is 18.2 Å². The molecule has 0 atom stereocenters. The number of carbonyl (C=O) groups is 1. The second-order valence-electron chi connectivity index (χ2n) is 7.73. The number of oxazole rings is 1. The molecule has 0 unspecified atom stereocenters. The molecule has 2 aromatic carbocycles. The lowest BCUT2D eigenvalue weighted by Gasteiger charge is -2.28. The van der Waals surface area contributed by atoms with Gasteiger partial charge in [-0.05, 0) is 30.3 Å². The van der Waals surface area contributed by atoms with Crippen molar-refractivity contribution in [1.82, 2.24) is 19.9 Å². The highest BCUT2D eigenvalue weighted by atomic mass is 19.4. The summed E-state index contributed by atoms with van der Waals surface area (Å²) < 4.78 is 48.3. The molecule has 0 saturated heterocycles. The van der Waals surface area contributed by atoms with Gasteiger partial charge in [-0.3, -0.25) is 10.1 Å². The Morgan fingerprint density at radius 1 is 1.06 bits per heavy atom. The number of fused-ring (bicyclic) bond motifs is 2. The first-order valence-electron chi connectivity index (χ1n) is 10.1. The third kappa shape index (κ3) is 4.99. The molecule has 0 spiro atoms. The molecule has 186 valence electrons. The lowest BCUT2D eigenvalue weighted by molar-refractivity contribution is -0.274. The van der Waals surface area contributed by atoms with Crippen molar-refractivity contribution in [2.24, 2.45) is 7.05 Å². The number of rotatable bonds is 8. The Balaban J connectivity index is 1.58. The van der Waals surface area contributed by atoms with E-state index in [2.05, 4.69) is 25.3 Å². The summed E-state index contributed by atoms with van der Waals surface area (Å²) in [5.74, 6) is -0.819. The molecule has 0 saturated carbocycles. The van der Waals surface area contributed by atoms with E-state index in [0.717, 1.165) is 12.1 Å². The fourth-order valence-corrected chi connectivity index (χ4v) is 3.29. The molecule has 0 aliphatic carbocycles. The van der Waals surface area contributed by atoms with Crippen LogP contribution < -0.4 is 15.4 Å². The van der Waals surface area contributed by atoms with Crippen LogP contribution in [0.5, 0.6) is 5.75 Å². The van der Waals surface area contributed by atoms with E-state index >= 15 is 0 Å². The molecule has 0 fully saturated rings. The van der Waals surface area contributed by atoms with Gasteiger partial charge in [-0.2, -0.15) is 4.98 Å². The van der Waals surface area contributed by atoms with Crippen molar-refractivity contribution in [1.29, 1.82) is 0 Å². The summed E-state index contributed by atoms with van der Waals surface area (Å²) in [6, 6.07) is 8.05. The number of amides is 1. The molecule has 14 heteroatoms. The number of aliphatic hydroxyl groups excluding tert-OH is 3. The van der Waals surface area contributed by atoms with Crippen molar-refractivity contribution in [2.75, 3.05) is 25.1 Å². The van der Waals surface area contributed by atoms with Crippen molar-refractivity contribution in [3.63, 3.8) is 0 Å². The average molecular weight is 495 g/mol. The van der Waals surface area contributed by atoms with Gasteiger partial charge in [0.15, 0.2) is 5.58 Å². The van der Waals surface area contributed by atoms with Crippen molar-refractivity contribution >= 4 is 40.0 Å². The topological polar surface area (TPSA) is 155 Å². The zero-order valence-corrected chi connectivity index (χ0v) is 18.1. The van der Waals surface area contributed by atoms with E-state index in [1.807, 2.05) is 0 Å². The molecule has 0 aliphatic rings. The van der Waals surface area contributed by atoms with Gasteiger partial charge >= 0.3 is 12.4 Å². The Hall–Kier alpha value is -3.88. The summed E-state index contributed by atoms with van der Waals surface area (Å²) in [7, 11) is 1.68. The summed E-state index contributed by atoms with van der Waals surface area (Å²) in [5.41, 5.74) is -0.0326. The maximum Gasteiger partial charge on any atom is 0.573 e. The van der Waals surface area contributed by atoms with Gasteiger partial charge in [0.25, 0.3) is 5.91 Å². The van der Waals surface area contributed by atoms with Gasteiger partial charge < -0.3 is 34.4 Å². The van der Waals surface area contributed by atoms with Gasteiger partial charge in [0.2, 0.25) is 5.95 Å². The molecule has 1 amide bonds. The molecule has 5 N–H and O–H groups in total. The Kier molecular flexibility index (Phi) is 6.27. The van der Waals surface area contributed by atoms with Crippen molar-refractivity contribution < 1.29 is 42.4 Å². The third-order valence-electron chi connectivity index (χ3n) is 5.24. The fraction of sp³-hybridized carbons (Fsp3) is 0.286. The number of aromatic nitrogens is 3. The minimum absolute atomic E-state index is 0.0286. The number of alkyl halides is 3. The van der Waals surface area contributed by atoms with Crippen LogP contribution in [-0.4, -0.2) is 67.5 Å². The van der Waals surface area contributed by atoms with Gasteiger partial charge in [-0.15, -0.1) is 13.2 Å². The SMILES string of the molecule is Cn1c(Nc2nc3ccc(OC(F)(F)F)cc3o2)nc2cc(C(=O)NC(CO)(CO)CO)ccc21. The molecule has 4 aromatic rings. The van der Waals surface area contributed by atoms with Gasteiger partial charge in [-0.25, -0.2) is 4.98 Å². The quantitative estimate of drug-likeness (QED) is 0.246. The van der Waals surface area contributed by atoms with Gasteiger partial charge in [-0.1, -0.05) is 0 Å². The number of hydrogen-bond donors (Lipinski definition) is 5. The Morgan fingerprint density at radius 3 is 2.43 bits per heavy atom. The van der Waals surface area contributed by atoms with Crippen LogP contribution in [-0.2, 0) is 7.05 Å². The van der Waals surface area contributed by atoms with E-state index in [4.69, 9.17) is 4.42 Å². The second-order valence-corrected chi connectivity index (χ2v) is 7.73. The van der Waals surface area contributed by atoms with Gasteiger partial charge in [0, 0.05) is 18.7 Å². The maximum atomic E-state index is 12.6. The molecule has 0 radical (unpaired) electrons. The van der Waals surface area contributed by atoms with E-state index in [9.17, 15) is 33.3 Å². The highest BCUT2D eigenvalue weighted by Crippen LogP contribution is 2.29. The minimum atomic E-state index is -4.84. The Bertz CT molecular complexity index is 1370. The zero-order valence-electron chi connectivity index (χ0n) is 18.1. The van der Waals surface area contributed by atoms with E-state index < -0.39 is 43.4 Å². The minimum Gasteiger partial charge on any atom is -0.423 e. The van der Waals surface area contributed by atoms with Crippen LogP contribution >= 0.6 is 0 Å². The number of halogens is 3. The van der Waals surface area contributed by atoms with Crippen LogP contribution in [0, 0.1) is 0 Å². The monoisotopic (exact) mass is 495 g/mol. The van der Waals surface area contributed by atoms with Crippen LogP contribution in [0.3, 0.4) is 0 Å². The molecular weight excluding hydrogens is 475 g/mol. The number of nitrogens with zero attached hydrogens (tertiary/aromatic N) is 3. The number of benzene rings is 2. The number of aliphatic hydroxyl groups is 3. The highest BCUT2D eigenvalue weighted by molar-refractivity contribution is 5.98. The van der Waals surface area contributed by atoms with Gasteiger partial charge in [0.1, 0.15) is 16.8 Å². The first-order valence-corrected chi connectivity index (χ1v) is 10.1. The fourth-order valence-electron chi connectivity index (χ4n) is 3.29. The number of imidazole rings is 1. The van der Waals surface area contributed by atoms with E-state index in [1.54, 1.807) is 17.7 Å². The van der Waals surface area contributed by atoms with Gasteiger partial charge in [0.05, 0.1) is 30.9 Å². The smallest absolute Gasteiger partial charge is 0.423 e. The van der Waals surface area contributed by atoms with Crippen molar-refractivity contribution in [3.8, 4) is 5.75 Å². The molecule has 0 bridgehead atoms. The standard InChI is InChI=1S/C21H20F3N5O6/c1-29-15-5-2-11(17(33)28-20(8-30,9-31)10-32)6-14(15)25-18(29)27-19-26-13-4-3-12(7-16(13)34-19)35-21(22,23)24/h2-7,30-32H,8-10H2,1H3,(H,28,33)(H,25,26,27). The molecule has 2 heterocycles. The number of ether oxygens (including phenoxy) is 1. The number of nitrogens with one attached hydrogen (secondary N) is 2. The van der Waals surface area contributed by atoms with Crippen molar-refractivity contribution in [2.45, 2.75) is 11.9 Å². The zero-order chi connectivity index (χ0) is 25.4. The average Bonchev–Trinajstić information content (AvgIpc) is 3.35. The molecule has 0 aliphatic heterocycles. The predicted octanol–water partition coefficient (Wildman–Crippen LogP) is 1.80. The lowest BCUT2D eigenvalue weighted by Crippen LogP contribution is -2.57. The van der Waals surface area contributed by atoms with Crippen LogP contribution in [0.15, 0.2) is 40.8 Å². The third-order valence-corrected chi connectivity index (χ3v) is 5.24. The highest BCUT2D eigenvalue weighted by Gasteiger charge is 2.32. The number of hydrogen-bond acceptors (Lipinski definition) is 9. The van der Waals surface area contributed by atoms with E-state index in [-0.39, 0.29) is 23.1 Å². The molecular formula is C21H20F3N5O6. The maximum absolute atomic E-state index is 12.6. The van der Waals surface area contributed by atoms with E-state index in [0.29, 0.717) is 16.6 Å². The summed E-state index contributed by atoms with van der Waals surface area (Å²) in [4.78, 5) is 21.1. The van der Waals surface area contributed by atoms with Crippen LogP contribution in [0.1, 0.15) is 10.4 Å². The summed E-state index contributed by atoms with van der Waals surface area (Å²) >= 11 is 0. The van der Waals surface area contributed by atoms with Crippen LogP contribution in [0.25, 0.3) is 22.1 Å². The van der Waals surface area contributed by atoms with Crippen molar-refractivity contribution in [3.05, 3.63) is 42.0 Å². The number of anilines is 2. The summed E-state index contributed by atoms with van der Waals surface area (Å²) in [6.45, 7) is -2.00. The first-order chi connectivity index (χ1) is 16.6. The normalized spacial score (nSPS) is 12.3. The molecule has 35 heavy (non-hydrogen) atoms. The Morgan fingerprint density at radius 2 is 1.77 bits per heavy atom. The second kappa shape index (κ2) is 9.05. The number of aryl methyl sites for hydroxylation is 1. The molecule has 4 rings (SSSR count). The summed E-state index contributed by atoms with van der Waals surface area (Å²) in [5, 5.41) is 33.5. The van der Waals surface area contributed by atoms with Crippen LogP contribution in [0.2, 0.25) is 0 Å². The molecule has 2 aromatic heterocycles. The first kappa shape index (κ1) is 24.3. The summed E-state index contributed by atoms with van der Waals surface area (Å²) in [6.07, 6.45) is -4.84.